The Kier molecular flexibility index (Phi) is 4.79. The second kappa shape index (κ2) is 6.59. The highest BCUT2D eigenvalue weighted by molar-refractivity contribution is 7.09. The van der Waals surface area contributed by atoms with Gasteiger partial charge in [0, 0.05) is 30.1 Å². The summed E-state index contributed by atoms with van der Waals surface area (Å²) >= 11 is 1.90. The highest BCUT2D eigenvalue weighted by atomic mass is 32.1. The molecule has 1 aliphatic carbocycles. The van der Waals surface area contributed by atoms with Gasteiger partial charge in [0.1, 0.15) is 0 Å². The van der Waals surface area contributed by atoms with Gasteiger partial charge in [-0.25, -0.2) is 0 Å². The third-order valence-corrected chi connectivity index (χ3v) is 6.15. The van der Waals surface area contributed by atoms with Gasteiger partial charge in [0.05, 0.1) is 0 Å². The lowest BCUT2D eigenvalue weighted by molar-refractivity contribution is 0.0468. The van der Waals surface area contributed by atoms with Crippen molar-refractivity contribution in [2.75, 3.05) is 13.1 Å². The summed E-state index contributed by atoms with van der Waals surface area (Å²) in [5.74, 6) is 1.71. The van der Waals surface area contributed by atoms with Gasteiger partial charge >= 0.3 is 0 Å². The maximum absolute atomic E-state index is 6.36. The normalized spacial score (nSPS) is 30.1. The van der Waals surface area contributed by atoms with Gasteiger partial charge in [0.25, 0.3) is 0 Å². The van der Waals surface area contributed by atoms with Crippen LogP contribution in [0, 0.1) is 11.8 Å². The van der Waals surface area contributed by atoms with Gasteiger partial charge in [-0.2, -0.15) is 0 Å². The molecule has 0 bridgehead atoms. The van der Waals surface area contributed by atoms with Gasteiger partial charge in [0.15, 0.2) is 0 Å². The van der Waals surface area contributed by atoms with E-state index >= 15 is 0 Å². The van der Waals surface area contributed by atoms with Gasteiger partial charge in [0.2, 0.25) is 0 Å². The lowest BCUT2D eigenvalue weighted by atomic mass is 9.77. The quantitative estimate of drug-likeness (QED) is 0.899. The van der Waals surface area contributed by atoms with Crippen LogP contribution in [0.4, 0.5) is 0 Å². The summed E-state index contributed by atoms with van der Waals surface area (Å²) in [7, 11) is 0. The minimum atomic E-state index is 0.378. The largest absolute Gasteiger partial charge is 0.327 e. The van der Waals surface area contributed by atoms with Crippen molar-refractivity contribution in [1.29, 1.82) is 0 Å². The summed E-state index contributed by atoms with van der Waals surface area (Å²) < 4.78 is 0. The molecule has 1 aromatic heterocycles. The molecule has 112 valence electrons. The molecule has 3 rings (SSSR count). The van der Waals surface area contributed by atoms with Crippen molar-refractivity contribution in [3.63, 3.8) is 0 Å². The van der Waals surface area contributed by atoms with Crippen molar-refractivity contribution in [3.05, 3.63) is 22.4 Å². The SMILES string of the molecule is CCC(C1CCC1)N1CC(N)CC(Cc2cccs2)C1. The molecule has 2 aliphatic rings. The van der Waals surface area contributed by atoms with Crippen molar-refractivity contribution in [1.82, 2.24) is 4.90 Å². The van der Waals surface area contributed by atoms with E-state index in [4.69, 9.17) is 5.73 Å². The topological polar surface area (TPSA) is 29.3 Å². The number of rotatable bonds is 5. The minimum Gasteiger partial charge on any atom is -0.327 e. The van der Waals surface area contributed by atoms with Gasteiger partial charge in [-0.1, -0.05) is 19.4 Å². The van der Waals surface area contributed by atoms with Crippen molar-refractivity contribution in [2.45, 2.75) is 57.5 Å². The standard InChI is InChI=1S/C17H28N2S/c1-2-17(14-5-3-6-14)19-11-13(9-15(18)12-19)10-16-7-4-8-20-16/h4,7-8,13-15,17H,2-3,5-6,9-12,18H2,1H3. The number of hydrogen-bond acceptors (Lipinski definition) is 3. The molecule has 1 saturated heterocycles. The number of hydrogen-bond donors (Lipinski definition) is 1. The fourth-order valence-electron chi connectivity index (χ4n) is 4.13. The fraction of sp³-hybridized carbons (Fsp3) is 0.765. The zero-order valence-corrected chi connectivity index (χ0v) is 13.4. The number of nitrogens with two attached hydrogens (primary N) is 1. The average Bonchev–Trinajstić information content (AvgIpc) is 2.85. The van der Waals surface area contributed by atoms with Crippen LogP contribution >= 0.6 is 11.3 Å². The molecule has 0 radical (unpaired) electrons. The molecule has 1 aliphatic heterocycles. The molecule has 20 heavy (non-hydrogen) atoms. The molecule has 2 heterocycles. The van der Waals surface area contributed by atoms with E-state index in [1.54, 1.807) is 0 Å². The smallest absolute Gasteiger partial charge is 0.0171 e. The van der Waals surface area contributed by atoms with Gasteiger partial charge in [-0.3, -0.25) is 4.90 Å². The first-order valence-corrected chi connectivity index (χ1v) is 9.16. The van der Waals surface area contributed by atoms with Crippen LogP contribution in [0.1, 0.15) is 43.9 Å². The second-order valence-corrected chi connectivity index (χ2v) is 7.80. The van der Waals surface area contributed by atoms with E-state index in [-0.39, 0.29) is 0 Å². The van der Waals surface area contributed by atoms with Crippen LogP contribution in [0.2, 0.25) is 0 Å². The Morgan fingerprint density at radius 3 is 2.85 bits per heavy atom. The van der Waals surface area contributed by atoms with E-state index in [0.29, 0.717) is 6.04 Å². The first-order chi connectivity index (χ1) is 9.76. The molecular weight excluding hydrogens is 264 g/mol. The predicted molar refractivity (Wildman–Crippen MR) is 87.1 cm³/mol. The first-order valence-electron chi connectivity index (χ1n) is 8.28. The molecule has 0 spiro atoms. The van der Waals surface area contributed by atoms with Crippen LogP contribution < -0.4 is 5.73 Å². The zero-order chi connectivity index (χ0) is 13.9. The van der Waals surface area contributed by atoms with Crippen LogP contribution in [-0.4, -0.2) is 30.1 Å². The van der Waals surface area contributed by atoms with Gasteiger partial charge in [-0.05, 0) is 55.4 Å². The zero-order valence-electron chi connectivity index (χ0n) is 12.6. The highest BCUT2D eigenvalue weighted by Crippen LogP contribution is 2.35. The Bertz CT molecular complexity index is 399. The average molecular weight is 292 g/mol. The molecule has 1 saturated carbocycles. The molecule has 2 N–H and O–H groups in total. The van der Waals surface area contributed by atoms with Gasteiger partial charge in [-0.15, -0.1) is 11.3 Å². The summed E-state index contributed by atoms with van der Waals surface area (Å²) in [6, 6.07) is 5.62. The molecule has 3 unspecified atom stereocenters. The van der Waals surface area contributed by atoms with Crippen molar-refractivity contribution >= 4 is 11.3 Å². The van der Waals surface area contributed by atoms with Crippen molar-refractivity contribution in [3.8, 4) is 0 Å². The Balaban J connectivity index is 1.62. The van der Waals surface area contributed by atoms with Crippen LogP contribution in [0.15, 0.2) is 17.5 Å². The molecule has 3 heteroatoms. The maximum atomic E-state index is 6.36. The van der Waals surface area contributed by atoms with Crippen molar-refractivity contribution < 1.29 is 0 Å². The van der Waals surface area contributed by atoms with E-state index in [1.807, 2.05) is 11.3 Å². The van der Waals surface area contributed by atoms with Crippen molar-refractivity contribution in [2.24, 2.45) is 17.6 Å². The molecule has 2 nitrogen and oxygen atoms in total. The minimum absolute atomic E-state index is 0.378. The molecule has 1 aromatic rings. The van der Waals surface area contributed by atoms with Crippen LogP contribution in [0.25, 0.3) is 0 Å². The predicted octanol–water partition coefficient (Wildman–Crippen LogP) is 3.52. The maximum Gasteiger partial charge on any atom is 0.0171 e. The highest BCUT2D eigenvalue weighted by Gasteiger charge is 2.35. The first kappa shape index (κ1) is 14.6. The van der Waals surface area contributed by atoms with E-state index in [9.17, 15) is 0 Å². The van der Waals surface area contributed by atoms with Crippen LogP contribution in [-0.2, 0) is 6.42 Å². The number of likely N-dealkylation sites (tertiary alicyclic amines) is 1. The third kappa shape index (κ3) is 3.26. The van der Waals surface area contributed by atoms with Crippen LogP contribution in [0.5, 0.6) is 0 Å². The summed E-state index contributed by atoms with van der Waals surface area (Å²) in [6.45, 7) is 4.74. The monoisotopic (exact) mass is 292 g/mol. The third-order valence-electron chi connectivity index (χ3n) is 5.25. The molecular formula is C17H28N2S. The Hall–Kier alpha value is -0.380. The number of nitrogens with zero attached hydrogens (tertiary/aromatic N) is 1. The molecule has 0 aromatic carbocycles. The number of thiophene rings is 1. The second-order valence-electron chi connectivity index (χ2n) is 6.77. The van der Waals surface area contributed by atoms with E-state index < -0.39 is 0 Å². The Morgan fingerprint density at radius 1 is 1.40 bits per heavy atom. The summed E-state index contributed by atoms with van der Waals surface area (Å²) in [5, 5.41) is 2.19. The molecule has 3 atom stereocenters. The fourth-order valence-corrected chi connectivity index (χ4v) is 4.95. The lowest BCUT2D eigenvalue weighted by Crippen LogP contribution is -2.54. The molecule has 2 fully saturated rings. The lowest BCUT2D eigenvalue weighted by Gasteiger charge is -2.46. The van der Waals surface area contributed by atoms with Crippen LogP contribution in [0.3, 0.4) is 0 Å². The van der Waals surface area contributed by atoms with Gasteiger partial charge < -0.3 is 5.73 Å². The van der Waals surface area contributed by atoms with E-state index in [2.05, 4.69) is 29.3 Å². The molecule has 0 amide bonds. The Labute approximate surface area is 127 Å². The number of piperidine rings is 1. The summed E-state index contributed by atoms with van der Waals surface area (Å²) in [4.78, 5) is 4.26. The summed E-state index contributed by atoms with van der Waals surface area (Å²) in [5.41, 5.74) is 6.36. The van der Waals surface area contributed by atoms with E-state index in [1.165, 1.54) is 49.9 Å². The summed E-state index contributed by atoms with van der Waals surface area (Å²) in [6.07, 6.45) is 8.06. The van der Waals surface area contributed by atoms with E-state index in [0.717, 1.165) is 24.4 Å². The Morgan fingerprint density at radius 2 is 2.25 bits per heavy atom.